The van der Waals surface area contributed by atoms with E-state index in [2.05, 4.69) is 10.3 Å². The van der Waals surface area contributed by atoms with Gasteiger partial charge in [-0.2, -0.15) is 4.31 Å². The van der Waals surface area contributed by atoms with Crippen LogP contribution in [0.1, 0.15) is 47.4 Å². The average molecular weight is 595 g/mol. The topological polar surface area (TPSA) is 134 Å². The summed E-state index contributed by atoms with van der Waals surface area (Å²) in [6.45, 7) is 3.49. The minimum absolute atomic E-state index is 0.0529. The third-order valence-electron chi connectivity index (χ3n) is 7.36. The predicted molar refractivity (Wildman–Crippen MR) is 154 cm³/mol. The van der Waals surface area contributed by atoms with Crippen molar-refractivity contribution in [3.63, 3.8) is 0 Å². The molecule has 4 heterocycles. The van der Waals surface area contributed by atoms with Gasteiger partial charge in [0.05, 0.1) is 18.2 Å². The summed E-state index contributed by atoms with van der Waals surface area (Å²) >= 11 is 1.59. The van der Waals surface area contributed by atoms with E-state index in [0.29, 0.717) is 12.0 Å². The van der Waals surface area contributed by atoms with E-state index in [1.54, 1.807) is 23.5 Å². The van der Waals surface area contributed by atoms with Gasteiger partial charge in [-0.15, -0.1) is 11.3 Å². The molecule has 12 heteroatoms. The lowest BCUT2D eigenvalue weighted by molar-refractivity contribution is -0.138. The lowest BCUT2D eigenvalue weighted by atomic mass is 10.0. The molecule has 2 aromatic heterocycles. The molecule has 2 aliphatic heterocycles. The Hall–Kier alpha value is -3.74. The molecule has 10 nitrogen and oxygen atoms in total. The fourth-order valence-electron chi connectivity index (χ4n) is 5.44. The molecular formula is C29H30N4O6S2. The van der Waals surface area contributed by atoms with Crippen LogP contribution in [0.25, 0.3) is 10.4 Å². The zero-order valence-corrected chi connectivity index (χ0v) is 24.2. The van der Waals surface area contributed by atoms with Crippen LogP contribution in [0.3, 0.4) is 0 Å². The molecule has 3 unspecified atom stereocenters. The number of carbonyl (C=O) groups is 4. The summed E-state index contributed by atoms with van der Waals surface area (Å²) < 4.78 is 27.3. The van der Waals surface area contributed by atoms with Crippen LogP contribution in [-0.4, -0.2) is 76.5 Å². The Balaban J connectivity index is 1.32. The third-order valence-corrected chi connectivity index (χ3v) is 10.0. The van der Waals surface area contributed by atoms with E-state index in [1.807, 2.05) is 43.5 Å². The minimum atomic E-state index is -4.52. The second-order valence-corrected chi connectivity index (χ2v) is 13.3. The number of likely N-dealkylation sites (tertiary alicyclic amines) is 1. The quantitative estimate of drug-likeness (QED) is 0.424. The largest absolute Gasteiger partial charge is 0.340 e. The highest BCUT2D eigenvalue weighted by molar-refractivity contribution is 8.04. The van der Waals surface area contributed by atoms with E-state index in [1.165, 1.54) is 23.2 Å². The second kappa shape index (κ2) is 11.6. The highest BCUT2D eigenvalue weighted by Crippen LogP contribution is 2.33. The Labute approximate surface area is 242 Å². The van der Waals surface area contributed by atoms with Crippen LogP contribution in [0, 0.1) is 5.92 Å². The molecule has 0 saturated carbocycles. The van der Waals surface area contributed by atoms with Crippen molar-refractivity contribution in [1.29, 1.82) is 0 Å². The van der Waals surface area contributed by atoms with Crippen molar-refractivity contribution < 1.29 is 27.6 Å². The fourth-order valence-corrected chi connectivity index (χ4v) is 7.68. The van der Waals surface area contributed by atoms with Gasteiger partial charge in [0.15, 0.2) is 5.78 Å². The third kappa shape index (κ3) is 5.72. The molecule has 3 aromatic rings. The second-order valence-electron chi connectivity index (χ2n) is 10.6. The van der Waals surface area contributed by atoms with Gasteiger partial charge < -0.3 is 10.2 Å². The first-order valence-corrected chi connectivity index (χ1v) is 15.6. The minimum Gasteiger partial charge on any atom is -0.340 e. The van der Waals surface area contributed by atoms with Gasteiger partial charge in [-0.05, 0) is 60.0 Å². The first-order valence-electron chi connectivity index (χ1n) is 13.3. The number of hydrogen-bond acceptors (Lipinski definition) is 8. The number of carbonyl (C=O) groups excluding carboxylic acids is 4. The number of ketones is 1. The van der Waals surface area contributed by atoms with Gasteiger partial charge in [0, 0.05) is 29.4 Å². The van der Waals surface area contributed by atoms with E-state index in [9.17, 15) is 27.6 Å². The first kappa shape index (κ1) is 28.8. The number of benzene rings is 1. The molecule has 2 fully saturated rings. The Morgan fingerprint density at radius 2 is 1.83 bits per heavy atom. The molecule has 2 aliphatic rings. The molecule has 0 bridgehead atoms. The summed E-state index contributed by atoms with van der Waals surface area (Å²) in [5.74, 6) is -1.26. The van der Waals surface area contributed by atoms with Gasteiger partial charge >= 0.3 is 0 Å². The zero-order chi connectivity index (χ0) is 29.3. The Morgan fingerprint density at radius 3 is 2.46 bits per heavy atom. The molecular weight excluding hydrogens is 564 g/mol. The van der Waals surface area contributed by atoms with Gasteiger partial charge in [0.1, 0.15) is 12.1 Å². The maximum absolute atomic E-state index is 13.8. The summed E-state index contributed by atoms with van der Waals surface area (Å²) in [4.78, 5) is 59.1. The standard InChI is InChI=1S/C29H30N4O6S2/c1-18(2)15-22(31-27(35)20-9-7-19(8-10-20)25-6-4-14-40-25)28(36)32-13-11-23-26(32)24(34)17-33(23)41(38,39)29(37)21-5-3-12-30-16-21/h3-10,12,14,16,18,22-23,26H,11,13,15,17H2,1-2H3,(H,31,35). The number of fused-ring (bicyclic) bond motifs is 1. The van der Waals surface area contributed by atoms with Crippen molar-refractivity contribution in [2.24, 2.45) is 5.92 Å². The zero-order valence-electron chi connectivity index (χ0n) is 22.6. The number of nitrogens with zero attached hydrogens (tertiary/aromatic N) is 3. The smallest absolute Gasteiger partial charge is 0.293 e. The molecule has 214 valence electrons. The maximum Gasteiger partial charge on any atom is 0.293 e. The maximum atomic E-state index is 13.8. The van der Waals surface area contributed by atoms with Crippen LogP contribution in [0.2, 0.25) is 0 Å². The number of rotatable bonds is 8. The Morgan fingerprint density at radius 1 is 1.07 bits per heavy atom. The molecule has 2 saturated heterocycles. The number of thiophene rings is 1. The van der Waals surface area contributed by atoms with Gasteiger partial charge in [0.2, 0.25) is 5.91 Å². The van der Waals surface area contributed by atoms with Gasteiger partial charge in [0.25, 0.3) is 21.0 Å². The molecule has 0 radical (unpaired) electrons. The van der Waals surface area contributed by atoms with Crippen LogP contribution in [0.5, 0.6) is 0 Å². The highest BCUT2D eigenvalue weighted by atomic mass is 32.2. The lowest BCUT2D eigenvalue weighted by Gasteiger charge is -2.29. The van der Waals surface area contributed by atoms with Crippen molar-refractivity contribution in [2.75, 3.05) is 13.1 Å². The molecule has 1 N–H and O–H groups in total. The fraction of sp³-hybridized carbons (Fsp3) is 0.345. The van der Waals surface area contributed by atoms with Crippen molar-refractivity contribution in [3.05, 3.63) is 77.4 Å². The number of amides is 2. The monoisotopic (exact) mass is 594 g/mol. The molecule has 1 aromatic carbocycles. The van der Waals surface area contributed by atoms with Crippen LogP contribution in [0.4, 0.5) is 0 Å². The molecule has 0 aliphatic carbocycles. The summed E-state index contributed by atoms with van der Waals surface area (Å²) in [6.07, 6.45) is 3.12. The van der Waals surface area contributed by atoms with E-state index in [4.69, 9.17) is 0 Å². The molecule has 41 heavy (non-hydrogen) atoms. The molecule has 0 spiro atoms. The van der Waals surface area contributed by atoms with Crippen LogP contribution in [-0.2, 0) is 19.6 Å². The van der Waals surface area contributed by atoms with Crippen molar-refractivity contribution in [3.8, 4) is 10.4 Å². The first-order chi connectivity index (χ1) is 19.6. The van der Waals surface area contributed by atoms with E-state index >= 15 is 0 Å². The number of nitrogens with one attached hydrogen (secondary N) is 1. The Kier molecular flexibility index (Phi) is 8.16. The van der Waals surface area contributed by atoms with E-state index in [0.717, 1.165) is 20.9 Å². The number of aromatic nitrogens is 1. The normalized spacial score (nSPS) is 19.8. The van der Waals surface area contributed by atoms with E-state index in [-0.39, 0.29) is 24.4 Å². The SMILES string of the molecule is CC(C)CC(NC(=O)c1ccc(-c2cccs2)cc1)C(=O)N1CCC2C1C(=O)CN2S(=O)(=O)C(=O)c1cccnc1. The van der Waals surface area contributed by atoms with Gasteiger partial charge in [-0.25, -0.2) is 8.42 Å². The van der Waals surface area contributed by atoms with E-state index < -0.39 is 57.4 Å². The van der Waals surface area contributed by atoms with Crippen molar-refractivity contribution in [2.45, 2.75) is 44.8 Å². The summed E-state index contributed by atoms with van der Waals surface area (Å²) in [7, 11) is -4.52. The number of sulfonamides is 1. The summed E-state index contributed by atoms with van der Waals surface area (Å²) in [6, 6.07) is 11.1. The molecule has 5 rings (SSSR count). The summed E-state index contributed by atoms with van der Waals surface area (Å²) in [5, 5.41) is 3.68. The van der Waals surface area contributed by atoms with Crippen molar-refractivity contribution in [1.82, 2.24) is 19.5 Å². The number of hydrogen-bond donors (Lipinski definition) is 1. The van der Waals surface area contributed by atoms with Gasteiger partial charge in [-0.3, -0.25) is 24.2 Å². The van der Waals surface area contributed by atoms with Crippen LogP contribution >= 0.6 is 11.3 Å². The highest BCUT2D eigenvalue weighted by Gasteiger charge is 2.55. The van der Waals surface area contributed by atoms with Crippen molar-refractivity contribution >= 4 is 44.1 Å². The Bertz CT molecular complexity index is 1560. The predicted octanol–water partition coefficient (Wildman–Crippen LogP) is 2.98. The van der Waals surface area contributed by atoms with Crippen LogP contribution < -0.4 is 5.32 Å². The molecule has 2 amide bonds. The average Bonchev–Trinajstić information content (AvgIpc) is 3.71. The van der Waals surface area contributed by atoms with Gasteiger partial charge in [-0.1, -0.05) is 32.0 Å². The number of pyridine rings is 1. The molecule has 3 atom stereocenters. The summed E-state index contributed by atoms with van der Waals surface area (Å²) in [5.41, 5.74) is 1.28. The van der Waals surface area contributed by atoms with Crippen LogP contribution in [0.15, 0.2) is 66.3 Å². The lowest BCUT2D eigenvalue weighted by Crippen LogP contribution is -2.53. The number of Topliss-reactive ketones (excluding diaryl/α,β-unsaturated/α-hetero) is 1.